The quantitative estimate of drug-likeness (QED) is 0.609. The van der Waals surface area contributed by atoms with Crippen molar-refractivity contribution < 1.29 is 14.3 Å². The molecule has 2 aliphatic rings. The van der Waals surface area contributed by atoms with E-state index in [-0.39, 0.29) is 29.5 Å². The number of hydrogen-bond donors (Lipinski definition) is 3. The minimum atomic E-state index is -0.311. The summed E-state index contributed by atoms with van der Waals surface area (Å²) in [5, 5.41) is 6.82. The van der Waals surface area contributed by atoms with Gasteiger partial charge in [-0.05, 0) is 29.8 Å². The van der Waals surface area contributed by atoms with E-state index in [1.807, 2.05) is 31.3 Å². The van der Waals surface area contributed by atoms with Gasteiger partial charge >= 0.3 is 0 Å². The lowest BCUT2D eigenvalue weighted by atomic mass is 9.93. The number of nitrogens with one attached hydrogen (secondary N) is 3. The van der Waals surface area contributed by atoms with Crippen LogP contribution in [0.4, 0.5) is 0 Å². The lowest BCUT2D eigenvalue weighted by Gasteiger charge is -2.16. The zero-order chi connectivity index (χ0) is 20.8. The Hall–Kier alpha value is -3.19. The van der Waals surface area contributed by atoms with Crippen molar-refractivity contribution in [2.24, 2.45) is 11.8 Å². The third kappa shape index (κ3) is 3.15. The summed E-state index contributed by atoms with van der Waals surface area (Å²) in [5.74, 6) is 0.261. The number of benzene rings is 1. The van der Waals surface area contributed by atoms with Crippen LogP contribution in [0, 0.1) is 11.8 Å². The lowest BCUT2D eigenvalue weighted by Crippen LogP contribution is -2.30. The van der Waals surface area contributed by atoms with E-state index in [2.05, 4.69) is 26.7 Å². The first-order chi connectivity index (χ1) is 14.6. The molecule has 154 valence electrons. The van der Waals surface area contributed by atoms with E-state index >= 15 is 0 Å². The summed E-state index contributed by atoms with van der Waals surface area (Å²) in [5.41, 5.74) is 3.53. The van der Waals surface area contributed by atoms with Gasteiger partial charge in [-0.25, -0.2) is 4.98 Å². The Kier molecular flexibility index (Phi) is 4.55. The highest BCUT2D eigenvalue weighted by molar-refractivity contribution is 5.99. The van der Waals surface area contributed by atoms with E-state index in [0.29, 0.717) is 36.3 Å². The van der Waals surface area contributed by atoms with Crippen LogP contribution in [-0.4, -0.2) is 48.1 Å². The number of pyridine rings is 1. The molecule has 7 nitrogen and oxygen atoms in total. The lowest BCUT2D eigenvalue weighted by molar-refractivity contribution is 0.0928. The Labute approximate surface area is 174 Å². The van der Waals surface area contributed by atoms with Crippen molar-refractivity contribution >= 4 is 22.7 Å². The first-order valence-electron chi connectivity index (χ1n) is 10.3. The Morgan fingerprint density at radius 3 is 2.73 bits per heavy atom. The van der Waals surface area contributed by atoms with Crippen LogP contribution < -0.4 is 10.6 Å². The highest BCUT2D eigenvalue weighted by atomic mass is 16.5. The molecule has 3 aromatic rings. The number of carbonyl (C=O) groups excluding carboxylic acids is 2. The van der Waals surface area contributed by atoms with E-state index in [4.69, 9.17) is 4.74 Å². The van der Waals surface area contributed by atoms with E-state index in [0.717, 1.165) is 16.5 Å². The fraction of sp³-hybridized carbons (Fsp3) is 0.348. The minimum absolute atomic E-state index is 0.0886. The Morgan fingerprint density at radius 2 is 1.97 bits per heavy atom. The second-order valence-electron chi connectivity index (χ2n) is 8.12. The van der Waals surface area contributed by atoms with Gasteiger partial charge in [0.15, 0.2) is 0 Å². The maximum absolute atomic E-state index is 13.0. The molecule has 2 fully saturated rings. The molecule has 3 heterocycles. The molecule has 1 aromatic carbocycles. The van der Waals surface area contributed by atoms with Crippen LogP contribution >= 0.6 is 0 Å². The minimum Gasteiger partial charge on any atom is -0.381 e. The number of amides is 2. The summed E-state index contributed by atoms with van der Waals surface area (Å²) in [7, 11) is 1.56. The maximum atomic E-state index is 13.0. The van der Waals surface area contributed by atoms with Gasteiger partial charge in [0.25, 0.3) is 11.8 Å². The van der Waals surface area contributed by atoms with E-state index < -0.39 is 0 Å². The average Bonchev–Trinajstić information content (AvgIpc) is 3.16. The fourth-order valence-corrected chi connectivity index (χ4v) is 4.48. The van der Waals surface area contributed by atoms with Gasteiger partial charge in [-0.15, -0.1) is 0 Å². The molecule has 7 heteroatoms. The van der Waals surface area contributed by atoms with Crippen LogP contribution in [0.2, 0.25) is 0 Å². The standard InChI is InChI=1S/C23H24N4O3/c1-12(14-4-3-5-18-15(14)6-7-25-18)19-8-13(9-20(26-19)23(29)24-2)22(28)27-21-16-10-30-11-17(16)21/h3-9,12,16-17,21,25H,10-11H2,1-2H3,(H,24,29)(H,27,28)/t12?,16-,17+,21+. The fourth-order valence-electron chi connectivity index (χ4n) is 4.48. The third-order valence-corrected chi connectivity index (χ3v) is 6.36. The smallest absolute Gasteiger partial charge is 0.269 e. The highest BCUT2D eigenvalue weighted by Crippen LogP contribution is 2.44. The number of carbonyl (C=O) groups is 2. The van der Waals surface area contributed by atoms with Gasteiger partial charge < -0.3 is 20.4 Å². The molecule has 1 unspecified atom stereocenters. The van der Waals surface area contributed by atoms with Gasteiger partial charge in [0.2, 0.25) is 0 Å². The van der Waals surface area contributed by atoms with Crippen molar-refractivity contribution in [3.8, 4) is 0 Å². The third-order valence-electron chi connectivity index (χ3n) is 6.36. The maximum Gasteiger partial charge on any atom is 0.269 e. The molecule has 4 atom stereocenters. The molecule has 2 aromatic heterocycles. The van der Waals surface area contributed by atoms with E-state index in [1.165, 1.54) is 0 Å². The van der Waals surface area contributed by atoms with Crippen molar-refractivity contribution in [2.75, 3.05) is 20.3 Å². The van der Waals surface area contributed by atoms with Crippen LogP contribution in [0.15, 0.2) is 42.6 Å². The molecular weight excluding hydrogens is 380 g/mol. The SMILES string of the molecule is CNC(=O)c1cc(C(=O)N[C@H]2[C@@H]3COC[C@@H]32)cc(C(C)c2cccc3[nH]ccc23)n1. The number of nitrogens with zero attached hydrogens (tertiary/aromatic N) is 1. The van der Waals surface area contributed by atoms with E-state index in [9.17, 15) is 9.59 Å². The largest absolute Gasteiger partial charge is 0.381 e. The second-order valence-corrected chi connectivity index (χ2v) is 8.12. The predicted octanol–water partition coefficient (Wildman–Crippen LogP) is 2.45. The molecule has 1 aliphatic carbocycles. The van der Waals surface area contributed by atoms with Gasteiger partial charge in [0, 0.05) is 59.2 Å². The van der Waals surface area contributed by atoms with Crippen LogP contribution in [0.5, 0.6) is 0 Å². The molecule has 30 heavy (non-hydrogen) atoms. The first kappa shape index (κ1) is 18.8. The number of aromatic nitrogens is 2. The first-order valence-corrected chi connectivity index (χ1v) is 10.3. The van der Waals surface area contributed by atoms with Crippen molar-refractivity contribution in [1.82, 2.24) is 20.6 Å². The van der Waals surface area contributed by atoms with Crippen LogP contribution in [0.3, 0.4) is 0 Å². The van der Waals surface area contributed by atoms with Gasteiger partial charge in [-0.2, -0.15) is 0 Å². The molecule has 1 saturated carbocycles. The number of H-pyrrole nitrogens is 1. The number of ether oxygens (including phenoxy) is 1. The Balaban J connectivity index is 1.49. The second kappa shape index (κ2) is 7.25. The van der Waals surface area contributed by atoms with Crippen molar-refractivity contribution in [3.05, 3.63) is 65.1 Å². The van der Waals surface area contributed by atoms with E-state index in [1.54, 1.807) is 19.2 Å². The molecule has 0 bridgehead atoms. The predicted molar refractivity (Wildman–Crippen MR) is 112 cm³/mol. The van der Waals surface area contributed by atoms with Crippen LogP contribution in [0.1, 0.15) is 44.9 Å². The molecule has 1 saturated heterocycles. The van der Waals surface area contributed by atoms with Crippen LogP contribution in [-0.2, 0) is 4.74 Å². The van der Waals surface area contributed by atoms with Gasteiger partial charge in [-0.1, -0.05) is 19.1 Å². The summed E-state index contributed by atoms with van der Waals surface area (Å²) in [6.07, 6.45) is 1.91. The number of aromatic amines is 1. The number of fused-ring (bicyclic) bond motifs is 2. The monoisotopic (exact) mass is 404 g/mol. The molecule has 3 N–H and O–H groups in total. The summed E-state index contributed by atoms with van der Waals surface area (Å²) < 4.78 is 5.40. The van der Waals surface area contributed by atoms with Gasteiger partial charge in [-0.3, -0.25) is 9.59 Å². The molecule has 1 aliphatic heterocycles. The Bertz CT molecular complexity index is 1130. The molecule has 0 radical (unpaired) electrons. The molecule has 2 amide bonds. The Morgan fingerprint density at radius 1 is 1.17 bits per heavy atom. The topological polar surface area (TPSA) is 96.1 Å². The number of rotatable bonds is 5. The van der Waals surface area contributed by atoms with Crippen molar-refractivity contribution in [2.45, 2.75) is 18.9 Å². The summed E-state index contributed by atoms with van der Waals surface area (Å²) >= 11 is 0. The zero-order valence-electron chi connectivity index (χ0n) is 16.9. The summed E-state index contributed by atoms with van der Waals surface area (Å²) in [4.78, 5) is 33.1. The van der Waals surface area contributed by atoms with Gasteiger partial charge in [0.05, 0.1) is 13.2 Å². The summed E-state index contributed by atoms with van der Waals surface area (Å²) in [6, 6.07) is 11.6. The van der Waals surface area contributed by atoms with Crippen molar-refractivity contribution in [1.29, 1.82) is 0 Å². The average molecular weight is 404 g/mol. The molecular formula is C23H24N4O3. The normalized spacial score (nSPS) is 23.1. The molecule has 0 spiro atoms. The van der Waals surface area contributed by atoms with Crippen molar-refractivity contribution in [3.63, 3.8) is 0 Å². The van der Waals surface area contributed by atoms with Crippen LogP contribution in [0.25, 0.3) is 10.9 Å². The summed E-state index contributed by atoms with van der Waals surface area (Å²) in [6.45, 7) is 3.46. The van der Waals surface area contributed by atoms with Gasteiger partial charge in [0.1, 0.15) is 5.69 Å². The molecule has 5 rings (SSSR count). The highest BCUT2D eigenvalue weighted by Gasteiger charge is 2.54. The zero-order valence-corrected chi connectivity index (χ0v) is 16.9. The number of hydrogen-bond acceptors (Lipinski definition) is 4.